The van der Waals surface area contributed by atoms with Crippen molar-refractivity contribution in [3.05, 3.63) is 79.9 Å². The van der Waals surface area contributed by atoms with Gasteiger partial charge in [0.05, 0.1) is 34.9 Å². The lowest BCUT2D eigenvalue weighted by Gasteiger charge is -2.08. The summed E-state index contributed by atoms with van der Waals surface area (Å²) in [6, 6.07) is 11.3. The molecule has 0 aliphatic rings. The predicted octanol–water partition coefficient (Wildman–Crippen LogP) is 5.25. The third kappa shape index (κ3) is 5.23. The molecular formula is C20H14Cl3F3N6O. The molecule has 13 heteroatoms. The second-order valence-corrected chi connectivity index (χ2v) is 8.24. The normalized spacial score (nSPS) is 11.8. The molecule has 2 aromatic carbocycles. The first-order valence-electron chi connectivity index (χ1n) is 9.48. The van der Waals surface area contributed by atoms with Crippen LogP contribution in [0.3, 0.4) is 0 Å². The van der Waals surface area contributed by atoms with E-state index in [0.29, 0.717) is 27.0 Å². The summed E-state index contributed by atoms with van der Waals surface area (Å²) in [5, 5.41) is 13.3. The lowest BCUT2D eigenvalue weighted by molar-refractivity contribution is -0.136. The minimum Gasteiger partial charge on any atom is -0.275 e. The summed E-state index contributed by atoms with van der Waals surface area (Å²) in [4.78, 5) is 12.9. The van der Waals surface area contributed by atoms with E-state index in [9.17, 15) is 18.0 Å². The zero-order valence-corrected chi connectivity index (χ0v) is 18.9. The average molecular weight is 518 g/mol. The van der Waals surface area contributed by atoms with Crippen molar-refractivity contribution in [3.8, 4) is 17.1 Å². The van der Waals surface area contributed by atoms with Gasteiger partial charge in [0, 0.05) is 17.1 Å². The summed E-state index contributed by atoms with van der Waals surface area (Å²) < 4.78 is 41.9. The molecule has 0 amide bonds. The minimum absolute atomic E-state index is 0.0891. The lowest BCUT2D eigenvalue weighted by Crippen LogP contribution is -2.27. The van der Waals surface area contributed by atoms with Crippen LogP contribution in [0.2, 0.25) is 15.1 Å². The van der Waals surface area contributed by atoms with Crippen molar-refractivity contribution in [2.45, 2.75) is 25.7 Å². The topological polar surface area (TPSA) is 70.5 Å². The maximum Gasteiger partial charge on any atom is 0.390 e. The van der Waals surface area contributed by atoms with Crippen LogP contribution in [-0.4, -0.2) is 35.5 Å². The number of hydrogen-bond acceptors (Lipinski definition) is 4. The van der Waals surface area contributed by atoms with Crippen molar-refractivity contribution in [1.82, 2.24) is 29.3 Å². The molecule has 0 atom stereocenters. The third-order valence-corrected chi connectivity index (χ3v) is 5.74. The number of benzene rings is 2. The van der Waals surface area contributed by atoms with Gasteiger partial charge in [-0.25, -0.2) is 14.2 Å². The van der Waals surface area contributed by atoms with E-state index in [2.05, 4.69) is 15.4 Å². The predicted molar refractivity (Wildman–Crippen MR) is 118 cm³/mol. The fraction of sp³-hybridized carbons (Fsp3) is 0.200. The molecule has 0 aliphatic carbocycles. The molecule has 0 N–H and O–H groups in total. The Bertz CT molecular complexity index is 1340. The van der Waals surface area contributed by atoms with Crippen molar-refractivity contribution in [3.63, 3.8) is 0 Å². The van der Waals surface area contributed by atoms with E-state index in [1.807, 2.05) is 0 Å². The third-order valence-electron chi connectivity index (χ3n) is 4.67. The molecule has 4 aromatic rings. The van der Waals surface area contributed by atoms with Gasteiger partial charge >= 0.3 is 11.9 Å². The van der Waals surface area contributed by atoms with Crippen LogP contribution in [0.1, 0.15) is 12.1 Å². The SMILES string of the molecule is O=c1n(Cc2cn(-c3cccc(Cl)c3Cl)nn2)nc(-c2ccc(Cl)cc2)n1CCC(F)(F)F. The highest BCUT2D eigenvalue weighted by molar-refractivity contribution is 6.43. The smallest absolute Gasteiger partial charge is 0.275 e. The fourth-order valence-corrected chi connectivity index (χ4v) is 3.62. The number of aromatic nitrogens is 6. The van der Waals surface area contributed by atoms with E-state index in [4.69, 9.17) is 34.8 Å². The fourth-order valence-electron chi connectivity index (χ4n) is 3.11. The van der Waals surface area contributed by atoms with Gasteiger partial charge in [0.1, 0.15) is 5.69 Å². The van der Waals surface area contributed by atoms with Crippen LogP contribution in [0.4, 0.5) is 13.2 Å². The van der Waals surface area contributed by atoms with Gasteiger partial charge in [-0.05, 0) is 36.4 Å². The minimum atomic E-state index is -4.43. The largest absolute Gasteiger partial charge is 0.390 e. The van der Waals surface area contributed by atoms with Gasteiger partial charge in [-0.15, -0.1) is 10.2 Å². The average Bonchev–Trinajstić information content (AvgIpc) is 3.34. The summed E-state index contributed by atoms with van der Waals surface area (Å²) in [7, 11) is 0. The van der Waals surface area contributed by atoms with Crippen LogP contribution in [0.5, 0.6) is 0 Å². The van der Waals surface area contributed by atoms with Crippen LogP contribution in [0, 0.1) is 0 Å². The van der Waals surface area contributed by atoms with E-state index in [1.54, 1.807) is 42.5 Å². The number of rotatable bonds is 6. The van der Waals surface area contributed by atoms with E-state index in [-0.39, 0.29) is 17.4 Å². The second-order valence-electron chi connectivity index (χ2n) is 7.01. The summed E-state index contributed by atoms with van der Waals surface area (Å²) in [6.45, 7) is -0.693. The van der Waals surface area contributed by atoms with Gasteiger partial charge < -0.3 is 0 Å². The highest BCUT2D eigenvalue weighted by Gasteiger charge is 2.28. The molecule has 0 spiro atoms. The van der Waals surface area contributed by atoms with Crippen molar-refractivity contribution in [2.24, 2.45) is 0 Å². The van der Waals surface area contributed by atoms with Crippen LogP contribution < -0.4 is 5.69 Å². The first kappa shape index (κ1) is 23.3. The molecule has 2 aromatic heterocycles. The zero-order chi connectivity index (χ0) is 23.8. The van der Waals surface area contributed by atoms with Crippen LogP contribution in [0.25, 0.3) is 17.1 Å². The van der Waals surface area contributed by atoms with E-state index in [1.165, 1.54) is 10.9 Å². The molecule has 0 saturated heterocycles. The van der Waals surface area contributed by atoms with Crippen LogP contribution in [-0.2, 0) is 13.1 Å². The number of halogens is 6. The van der Waals surface area contributed by atoms with Gasteiger partial charge in [0.2, 0.25) is 0 Å². The Hall–Kier alpha value is -2.82. The van der Waals surface area contributed by atoms with Crippen LogP contribution in [0.15, 0.2) is 53.5 Å². The van der Waals surface area contributed by atoms with Crippen molar-refractivity contribution in [1.29, 1.82) is 0 Å². The first-order valence-corrected chi connectivity index (χ1v) is 10.6. The summed E-state index contributed by atoms with van der Waals surface area (Å²) in [6.07, 6.45) is -4.08. The molecule has 0 radical (unpaired) electrons. The zero-order valence-electron chi connectivity index (χ0n) is 16.6. The van der Waals surface area contributed by atoms with Gasteiger partial charge in [0.25, 0.3) is 0 Å². The van der Waals surface area contributed by atoms with Crippen molar-refractivity contribution in [2.75, 3.05) is 0 Å². The van der Waals surface area contributed by atoms with Crippen LogP contribution >= 0.6 is 34.8 Å². The summed E-state index contributed by atoms with van der Waals surface area (Å²) in [5.74, 6) is 0.0891. The molecule has 0 aliphatic heterocycles. The number of alkyl halides is 3. The highest BCUT2D eigenvalue weighted by Crippen LogP contribution is 2.28. The molecule has 33 heavy (non-hydrogen) atoms. The van der Waals surface area contributed by atoms with Crippen molar-refractivity contribution < 1.29 is 13.2 Å². The monoisotopic (exact) mass is 516 g/mol. The quantitative estimate of drug-likeness (QED) is 0.350. The van der Waals surface area contributed by atoms with E-state index >= 15 is 0 Å². The molecule has 7 nitrogen and oxygen atoms in total. The number of hydrogen-bond donors (Lipinski definition) is 0. The Balaban J connectivity index is 1.68. The summed E-state index contributed by atoms with van der Waals surface area (Å²) >= 11 is 18.1. The standard InChI is InChI=1S/C20H14Cl3F3N6O/c21-13-6-4-12(5-7-13)18-28-32(19(33)30(18)9-8-20(24,25)26)11-14-10-31(29-27-14)16-3-1-2-15(22)17(16)23/h1-7,10H,8-9,11H2. The number of nitrogens with zero attached hydrogens (tertiary/aromatic N) is 6. The molecule has 2 heterocycles. The highest BCUT2D eigenvalue weighted by atomic mass is 35.5. The Labute approximate surface area is 199 Å². The molecular weight excluding hydrogens is 504 g/mol. The van der Waals surface area contributed by atoms with Gasteiger partial charge in [0.15, 0.2) is 5.82 Å². The Morgan fingerprint density at radius 2 is 1.73 bits per heavy atom. The molecule has 4 rings (SSSR count). The Kier molecular flexibility index (Phi) is 6.51. The maximum absolute atomic E-state index is 12.9. The first-order chi connectivity index (χ1) is 15.6. The molecule has 172 valence electrons. The molecule has 0 bridgehead atoms. The Morgan fingerprint density at radius 3 is 2.42 bits per heavy atom. The van der Waals surface area contributed by atoms with Gasteiger partial charge in [-0.1, -0.05) is 46.1 Å². The maximum atomic E-state index is 12.9. The summed E-state index contributed by atoms with van der Waals surface area (Å²) in [5.41, 5.74) is 0.565. The van der Waals surface area contributed by atoms with Gasteiger partial charge in [-0.2, -0.15) is 13.2 Å². The molecule has 0 unspecified atom stereocenters. The Morgan fingerprint density at radius 1 is 1.00 bits per heavy atom. The van der Waals surface area contributed by atoms with Crippen molar-refractivity contribution >= 4 is 34.8 Å². The lowest BCUT2D eigenvalue weighted by atomic mass is 10.2. The van der Waals surface area contributed by atoms with Gasteiger partial charge in [-0.3, -0.25) is 4.57 Å². The molecule has 0 saturated carbocycles. The van der Waals surface area contributed by atoms with E-state index in [0.717, 1.165) is 9.25 Å². The molecule has 0 fully saturated rings. The second kappa shape index (κ2) is 9.20. The van der Waals surface area contributed by atoms with E-state index < -0.39 is 24.8 Å².